The molecule has 0 fully saturated rings. The minimum Gasteiger partial charge on any atom is -0.478 e. The van der Waals surface area contributed by atoms with Gasteiger partial charge in [-0.3, -0.25) is 0 Å². The molecule has 1 N–H and O–H groups in total. The Kier molecular flexibility index (Phi) is 6.19. The molecule has 0 aliphatic heterocycles. The number of aryl methyl sites for hydroxylation is 1. The highest BCUT2D eigenvalue weighted by atomic mass is 35.5. The monoisotopic (exact) mass is 410 g/mol. The second-order valence-electron chi connectivity index (χ2n) is 5.92. The minimum absolute atomic E-state index is 0.121. The van der Waals surface area contributed by atoms with Crippen molar-refractivity contribution in [2.24, 2.45) is 10.3 Å². The fourth-order valence-corrected chi connectivity index (χ4v) is 3.29. The third kappa shape index (κ3) is 4.62. The summed E-state index contributed by atoms with van der Waals surface area (Å²) in [7, 11) is 0.506. The van der Waals surface area contributed by atoms with Crippen LogP contribution in [0.1, 0.15) is 15.9 Å². The van der Waals surface area contributed by atoms with Gasteiger partial charge in [-0.2, -0.15) is 0 Å². The van der Waals surface area contributed by atoms with Crippen molar-refractivity contribution in [1.29, 1.82) is 0 Å². The van der Waals surface area contributed by atoms with Gasteiger partial charge in [-0.05, 0) is 42.8 Å². The molecule has 2 aromatic carbocycles. The van der Waals surface area contributed by atoms with Crippen LogP contribution < -0.4 is 5.01 Å². The predicted octanol–water partition coefficient (Wildman–Crippen LogP) is 3.73. The number of halogens is 1. The summed E-state index contributed by atoms with van der Waals surface area (Å²) in [6.07, 6.45) is 0. The van der Waals surface area contributed by atoms with Gasteiger partial charge in [0.05, 0.1) is 21.8 Å². The lowest BCUT2D eigenvalue weighted by Crippen LogP contribution is -2.23. The fraction of sp³-hybridized carbons (Fsp3) is 0.235. The number of aromatic carboxylic acids is 1. The molecule has 0 heterocycles. The lowest BCUT2D eigenvalue weighted by molar-refractivity contribution is 0.0697. The first-order valence-electron chi connectivity index (χ1n) is 7.75. The summed E-state index contributed by atoms with van der Waals surface area (Å²) in [5.74, 6) is -1.28. The number of nitrogens with zero attached hydrogens (tertiary/aromatic N) is 4. The molecule has 2 rings (SSSR count). The molecule has 144 valence electrons. The Balaban J connectivity index is 2.44. The summed E-state index contributed by atoms with van der Waals surface area (Å²) in [5, 5.41) is 19.3. The second kappa shape index (κ2) is 8.03. The van der Waals surface area contributed by atoms with E-state index in [-0.39, 0.29) is 16.1 Å². The molecule has 0 radical (unpaired) electrons. The van der Waals surface area contributed by atoms with Gasteiger partial charge >= 0.3 is 5.97 Å². The maximum Gasteiger partial charge on any atom is 0.337 e. The lowest BCUT2D eigenvalue weighted by atomic mass is 10.2. The lowest BCUT2D eigenvalue weighted by Gasteiger charge is -2.17. The van der Waals surface area contributed by atoms with Crippen LogP contribution in [-0.4, -0.2) is 44.9 Å². The van der Waals surface area contributed by atoms with Crippen molar-refractivity contribution in [3.8, 4) is 0 Å². The maximum absolute atomic E-state index is 12.2. The Morgan fingerprint density at radius 2 is 1.78 bits per heavy atom. The molecule has 0 spiro atoms. The number of hydrogen-bond acceptors (Lipinski definition) is 5. The van der Waals surface area contributed by atoms with Gasteiger partial charge in [-0.1, -0.05) is 22.9 Å². The van der Waals surface area contributed by atoms with Crippen LogP contribution in [-0.2, 0) is 10.0 Å². The summed E-state index contributed by atoms with van der Waals surface area (Å²) < 4.78 is 25.5. The normalized spacial score (nSPS) is 11.9. The molecule has 0 aromatic heterocycles. The van der Waals surface area contributed by atoms with Crippen LogP contribution in [0.25, 0.3) is 0 Å². The van der Waals surface area contributed by atoms with E-state index in [1.807, 2.05) is 6.92 Å². The van der Waals surface area contributed by atoms with Gasteiger partial charge in [0, 0.05) is 26.2 Å². The molecule has 0 saturated heterocycles. The van der Waals surface area contributed by atoms with Crippen LogP contribution in [0.2, 0.25) is 5.02 Å². The number of carbonyl (C=O) groups is 1. The van der Waals surface area contributed by atoms with E-state index in [1.54, 1.807) is 18.2 Å². The zero-order chi connectivity index (χ0) is 20.4. The molecule has 27 heavy (non-hydrogen) atoms. The van der Waals surface area contributed by atoms with E-state index < -0.39 is 16.0 Å². The van der Waals surface area contributed by atoms with Crippen LogP contribution in [0.3, 0.4) is 0 Å². The minimum atomic E-state index is -3.76. The Morgan fingerprint density at radius 1 is 1.11 bits per heavy atom. The average molecular weight is 411 g/mol. The third-order valence-electron chi connectivity index (χ3n) is 3.78. The smallest absolute Gasteiger partial charge is 0.337 e. The van der Waals surface area contributed by atoms with Crippen LogP contribution in [0, 0.1) is 6.92 Å². The highest BCUT2D eigenvalue weighted by Gasteiger charge is 2.22. The van der Waals surface area contributed by atoms with Crippen molar-refractivity contribution in [3.63, 3.8) is 0 Å². The summed E-state index contributed by atoms with van der Waals surface area (Å²) in [4.78, 5) is 11.5. The van der Waals surface area contributed by atoms with Gasteiger partial charge in [0.25, 0.3) is 0 Å². The number of anilines is 1. The molecule has 8 nitrogen and oxygen atoms in total. The highest BCUT2D eigenvalue weighted by Crippen LogP contribution is 2.27. The van der Waals surface area contributed by atoms with Crippen LogP contribution in [0.15, 0.2) is 51.6 Å². The summed E-state index contributed by atoms with van der Waals surface area (Å²) in [5.41, 5.74) is 1.38. The van der Waals surface area contributed by atoms with E-state index in [1.165, 1.54) is 38.3 Å². The number of benzene rings is 2. The molecule has 0 atom stereocenters. The molecular weight excluding hydrogens is 392 g/mol. The molecule has 0 saturated carbocycles. The Hall–Kier alpha value is -2.49. The van der Waals surface area contributed by atoms with Gasteiger partial charge in [0.2, 0.25) is 10.0 Å². The summed E-state index contributed by atoms with van der Waals surface area (Å²) >= 11 is 5.95. The molecule has 0 aliphatic carbocycles. The van der Waals surface area contributed by atoms with E-state index in [0.717, 1.165) is 15.9 Å². The van der Waals surface area contributed by atoms with Crippen molar-refractivity contribution in [3.05, 3.63) is 52.5 Å². The van der Waals surface area contributed by atoms with Crippen molar-refractivity contribution >= 4 is 39.0 Å². The number of carboxylic acid groups (broad SMARTS) is 1. The maximum atomic E-state index is 12.2. The molecule has 10 heteroatoms. The van der Waals surface area contributed by atoms with Crippen molar-refractivity contribution in [2.75, 3.05) is 26.2 Å². The summed E-state index contributed by atoms with van der Waals surface area (Å²) in [6, 6.07) is 8.96. The molecule has 0 aliphatic rings. The first-order chi connectivity index (χ1) is 12.5. The third-order valence-corrected chi connectivity index (χ3v) is 5.83. The highest BCUT2D eigenvalue weighted by molar-refractivity contribution is 7.89. The van der Waals surface area contributed by atoms with Crippen LogP contribution >= 0.6 is 11.6 Å². The molecule has 0 bridgehead atoms. The molecule has 0 unspecified atom stereocenters. The second-order valence-corrected chi connectivity index (χ2v) is 8.50. The quantitative estimate of drug-likeness (QED) is 0.577. The van der Waals surface area contributed by atoms with Crippen LogP contribution in [0.5, 0.6) is 0 Å². The SMILES string of the molecule is Cc1ccc(Cl)cc1N=NN(C)c1ccc(S(=O)(=O)N(C)C)cc1C(=O)O. The first kappa shape index (κ1) is 20.8. The first-order valence-corrected chi connectivity index (χ1v) is 9.57. The van der Waals surface area contributed by atoms with Gasteiger partial charge in [0.15, 0.2) is 0 Å². The zero-order valence-electron chi connectivity index (χ0n) is 15.2. The Bertz CT molecular complexity index is 1010. The topological polar surface area (TPSA) is 103 Å². The largest absolute Gasteiger partial charge is 0.478 e. The molecule has 0 amide bonds. The van der Waals surface area contributed by atoms with Gasteiger partial charge in [-0.25, -0.2) is 22.5 Å². The van der Waals surface area contributed by atoms with E-state index in [4.69, 9.17) is 11.6 Å². The number of sulfonamides is 1. The standard InChI is InChI=1S/C17H19ClN4O4S/c1-11-5-6-12(18)9-15(11)19-20-22(4)16-8-7-13(10-14(16)17(23)24)27(25,26)21(2)3/h5-10H,1-4H3,(H,23,24). The van der Waals surface area contributed by atoms with Gasteiger partial charge in [-0.15, -0.1) is 5.11 Å². The van der Waals surface area contributed by atoms with E-state index >= 15 is 0 Å². The molecular formula is C17H19ClN4O4S. The van der Waals surface area contributed by atoms with Gasteiger partial charge < -0.3 is 5.11 Å². The van der Waals surface area contributed by atoms with E-state index in [9.17, 15) is 18.3 Å². The Labute approximate surface area is 162 Å². The predicted molar refractivity (Wildman–Crippen MR) is 103 cm³/mol. The zero-order valence-corrected chi connectivity index (χ0v) is 16.8. The Morgan fingerprint density at radius 3 is 2.37 bits per heavy atom. The van der Waals surface area contributed by atoms with Gasteiger partial charge in [0.1, 0.15) is 0 Å². The van der Waals surface area contributed by atoms with Crippen molar-refractivity contribution < 1.29 is 18.3 Å². The van der Waals surface area contributed by atoms with E-state index in [2.05, 4.69) is 10.3 Å². The van der Waals surface area contributed by atoms with Crippen molar-refractivity contribution in [2.45, 2.75) is 11.8 Å². The van der Waals surface area contributed by atoms with Crippen molar-refractivity contribution in [1.82, 2.24) is 4.31 Å². The fourth-order valence-electron chi connectivity index (χ4n) is 2.19. The summed E-state index contributed by atoms with van der Waals surface area (Å²) in [6.45, 7) is 1.84. The number of hydrogen-bond donors (Lipinski definition) is 1. The van der Waals surface area contributed by atoms with E-state index in [0.29, 0.717) is 10.7 Å². The van der Waals surface area contributed by atoms with Crippen LogP contribution in [0.4, 0.5) is 11.4 Å². The molecule has 2 aromatic rings. The number of rotatable bonds is 6. The average Bonchev–Trinajstić information content (AvgIpc) is 2.61. The number of carboxylic acids is 1.